The molecule has 0 spiro atoms. The number of ether oxygens (including phenoxy) is 1. The number of sulfonamides is 1. The molecule has 0 unspecified atom stereocenters. The fraction of sp³-hybridized carbons (Fsp3) is 0.130. The number of anilines is 1. The standard InChI is InChI=1S/C23H21N5O8S/c1-37(34,35)26(20-3-2-4-21(13-20)28(32)33)15-23(29)25-24-14-17-7-11-22(12-8-17)36-16-18-5-9-19(10-6-18)27(30)31/h2-14H,15-16H2,1H3,(H,25,29)/b24-14-. The van der Waals surface area contributed by atoms with Crippen molar-refractivity contribution >= 4 is 39.2 Å². The molecular formula is C23H21N5O8S. The third kappa shape index (κ3) is 7.83. The largest absolute Gasteiger partial charge is 0.489 e. The van der Waals surface area contributed by atoms with Crippen molar-refractivity contribution in [2.24, 2.45) is 5.10 Å². The highest BCUT2D eigenvalue weighted by Crippen LogP contribution is 2.23. The molecule has 13 nitrogen and oxygen atoms in total. The molecule has 0 radical (unpaired) electrons. The van der Waals surface area contributed by atoms with Gasteiger partial charge in [0.05, 0.1) is 28.0 Å². The quantitative estimate of drug-likeness (QED) is 0.225. The van der Waals surface area contributed by atoms with Gasteiger partial charge in [0.1, 0.15) is 18.9 Å². The zero-order valence-corrected chi connectivity index (χ0v) is 20.2. The van der Waals surface area contributed by atoms with E-state index < -0.39 is 32.3 Å². The molecule has 3 aromatic carbocycles. The van der Waals surface area contributed by atoms with E-state index in [2.05, 4.69) is 10.5 Å². The fourth-order valence-electron chi connectivity index (χ4n) is 3.04. The van der Waals surface area contributed by atoms with Crippen LogP contribution in [0.15, 0.2) is 77.9 Å². The van der Waals surface area contributed by atoms with Crippen molar-refractivity contribution in [1.29, 1.82) is 0 Å². The van der Waals surface area contributed by atoms with Gasteiger partial charge in [-0.2, -0.15) is 5.10 Å². The minimum absolute atomic E-state index is 0.00690. The number of hydrogen-bond donors (Lipinski definition) is 1. The Bertz CT molecular complexity index is 1420. The van der Waals surface area contributed by atoms with Gasteiger partial charge in [0, 0.05) is 24.3 Å². The van der Waals surface area contributed by atoms with E-state index in [9.17, 15) is 33.4 Å². The molecule has 1 amide bonds. The monoisotopic (exact) mass is 527 g/mol. The molecule has 3 rings (SSSR count). The van der Waals surface area contributed by atoms with Crippen LogP contribution in [0.5, 0.6) is 5.75 Å². The summed E-state index contributed by atoms with van der Waals surface area (Å²) in [6, 6.07) is 17.6. The van der Waals surface area contributed by atoms with Crippen LogP contribution in [-0.4, -0.2) is 43.2 Å². The Balaban J connectivity index is 1.55. The topological polar surface area (TPSA) is 174 Å². The van der Waals surface area contributed by atoms with E-state index in [1.165, 1.54) is 36.5 Å². The summed E-state index contributed by atoms with van der Waals surface area (Å²) in [6.07, 6.45) is 2.23. The number of nitrogens with one attached hydrogen (secondary N) is 1. The highest BCUT2D eigenvalue weighted by Gasteiger charge is 2.22. The van der Waals surface area contributed by atoms with Gasteiger partial charge in [0.2, 0.25) is 10.0 Å². The van der Waals surface area contributed by atoms with E-state index in [0.717, 1.165) is 22.2 Å². The van der Waals surface area contributed by atoms with Crippen molar-refractivity contribution in [2.75, 3.05) is 17.1 Å². The predicted octanol–water partition coefficient (Wildman–Crippen LogP) is 3.00. The van der Waals surface area contributed by atoms with Crippen LogP contribution in [-0.2, 0) is 21.4 Å². The van der Waals surface area contributed by atoms with Crippen LogP contribution in [0.4, 0.5) is 17.1 Å². The number of amides is 1. The van der Waals surface area contributed by atoms with Crippen LogP contribution in [0.1, 0.15) is 11.1 Å². The first-order chi connectivity index (χ1) is 17.5. The van der Waals surface area contributed by atoms with Crippen LogP contribution in [0.3, 0.4) is 0 Å². The Morgan fingerprint density at radius 3 is 2.24 bits per heavy atom. The number of hydrazone groups is 1. The summed E-state index contributed by atoms with van der Waals surface area (Å²) in [7, 11) is -3.91. The number of nitro benzene ring substituents is 2. The van der Waals surface area contributed by atoms with E-state index in [0.29, 0.717) is 11.3 Å². The smallest absolute Gasteiger partial charge is 0.271 e. The first-order valence-electron chi connectivity index (χ1n) is 10.5. The third-order valence-electron chi connectivity index (χ3n) is 4.85. The van der Waals surface area contributed by atoms with E-state index in [-0.39, 0.29) is 23.7 Å². The SMILES string of the molecule is CS(=O)(=O)N(CC(=O)N/N=C\c1ccc(OCc2ccc([N+](=O)[O-])cc2)cc1)c1cccc([N+](=O)[O-])c1. The van der Waals surface area contributed by atoms with Gasteiger partial charge in [-0.25, -0.2) is 13.8 Å². The van der Waals surface area contributed by atoms with Crippen LogP contribution in [0.25, 0.3) is 0 Å². The van der Waals surface area contributed by atoms with Crippen LogP contribution < -0.4 is 14.5 Å². The number of nitro groups is 2. The van der Waals surface area contributed by atoms with Gasteiger partial charge in [-0.3, -0.25) is 29.3 Å². The number of carbonyl (C=O) groups is 1. The van der Waals surface area contributed by atoms with Crippen LogP contribution in [0.2, 0.25) is 0 Å². The lowest BCUT2D eigenvalue weighted by Crippen LogP contribution is -2.39. The van der Waals surface area contributed by atoms with Crippen molar-refractivity contribution in [3.05, 3.63) is 104 Å². The first kappa shape index (κ1) is 26.7. The minimum Gasteiger partial charge on any atom is -0.489 e. The molecule has 0 atom stereocenters. The van der Waals surface area contributed by atoms with E-state index in [4.69, 9.17) is 4.74 Å². The zero-order valence-electron chi connectivity index (χ0n) is 19.4. The molecule has 0 saturated carbocycles. The summed E-state index contributed by atoms with van der Waals surface area (Å²) < 4.78 is 30.7. The van der Waals surface area contributed by atoms with Gasteiger partial charge in [-0.15, -0.1) is 0 Å². The summed E-state index contributed by atoms with van der Waals surface area (Å²) in [6.45, 7) is -0.421. The first-order valence-corrected chi connectivity index (χ1v) is 12.4. The number of rotatable bonds is 11. The average Bonchev–Trinajstić information content (AvgIpc) is 2.86. The second-order valence-corrected chi connectivity index (χ2v) is 9.53. The fourth-order valence-corrected chi connectivity index (χ4v) is 3.89. The summed E-state index contributed by atoms with van der Waals surface area (Å²) in [5, 5.41) is 25.5. The second-order valence-electron chi connectivity index (χ2n) is 7.62. The number of nitrogens with zero attached hydrogens (tertiary/aromatic N) is 4. The molecule has 14 heteroatoms. The molecule has 0 aliphatic carbocycles. The van der Waals surface area contributed by atoms with Crippen molar-refractivity contribution in [1.82, 2.24) is 5.43 Å². The normalized spacial score (nSPS) is 11.2. The predicted molar refractivity (Wildman–Crippen MR) is 135 cm³/mol. The molecule has 0 aromatic heterocycles. The van der Waals surface area contributed by atoms with Crippen molar-refractivity contribution < 1.29 is 27.8 Å². The van der Waals surface area contributed by atoms with Crippen LogP contribution >= 0.6 is 0 Å². The molecule has 0 aliphatic heterocycles. The minimum atomic E-state index is -3.91. The molecule has 0 saturated heterocycles. The lowest BCUT2D eigenvalue weighted by molar-refractivity contribution is -0.385. The van der Waals surface area contributed by atoms with Gasteiger partial charge in [0.15, 0.2) is 0 Å². The highest BCUT2D eigenvalue weighted by molar-refractivity contribution is 7.92. The maximum Gasteiger partial charge on any atom is 0.271 e. The Labute approximate surface area is 211 Å². The number of hydrogen-bond acceptors (Lipinski definition) is 9. The lowest BCUT2D eigenvalue weighted by atomic mass is 10.2. The molecule has 0 fully saturated rings. The van der Waals surface area contributed by atoms with Gasteiger partial charge in [-0.05, 0) is 53.6 Å². The third-order valence-corrected chi connectivity index (χ3v) is 5.99. The Morgan fingerprint density at radius 1 is 1.00 bits per heavy atom. The van der Waals surface area contributed by atoms with Crippen molar-refractivity contribution in [3.8, 4) is 5.75 Å². The Kier molecular flexibility index (Phi) is 8.47. The summed E-state index contributed by atoms with van der Waals surface area (Å²) in [5.41, 5.74) is 3.25. The molecule has 192 valence electrons. The summed E-state index contributed by atoms with van der Waals surface area (Å²) >= 11 is 0. The van der Waals surface area contributed by atoms with Crippen molar-refractivity contribution in [3.63, 3.8) is 0 Å². The van der Waals surface area contributed by atoms with Crippen molar-refractivity contribution in [2.45, 2.75) is 6.61 Å². The summed E-state index contributed by atoms with van der Waals surface area (Å²) in [5.74, 6) is -0.212. The van der Waals surface area contributed by atoms with E-state index in [1.807, 2.05) is 0 Å². The van der Waals surface area contributed by atoms with Gasteiger partial charge >= 0.3 is 0 Å². The molecule has 37 heavy (non-hydrogen) atoms. The zero-order chi connectivity index (χ0) is 27.0. The molecule has 3 aromatic rings. The number of non-ortho nitro benzene ring substituents is 2. The van der Waals surface area contributed by atoms with Gasteiger partial charge in [-0.1, -0.05) is 6.07 Å². The van der Waals surface area contributed by atoms with Gasteiger partial charge in [0.25, 0.3) is 17.3 Å². The van der Waals surface area contributed by atoms with E-state index in [1.54, 1.807) is 36.4 Å². The van der Waals surface area contributed by atoms with Crippen LogP contribution in [0, 0.1) is 20.2 Å². The summed E-state index contributed by atoms with van der Waals surface area (Å²) in [4.78, 5) is 32.8. The Hall–Kier alpha value is -4.85. The average molecular weight is 528 g/mol. The maximum absolute atomic E-state index is 12.3. The molecule has 0 aliphatic rings. The molecule has 1 N–H and O–H groups in total. The van der Waals surface area contributed by atoms with Gasteiger partial charge < -0.3 is 4.74 Å². The highest BCUT2D eigenvalue weighted by atomic mass is 32.2. The Morgan fingerprint density at radius 2 is 1.65 bits per heavy atom. The second kappa shape index (κ2) is 11.7. The maximum atomic E-state index is 12.3. The lowest BCUT2D eigenvalue weighted by Gasteiger charge is -2.21. The number of benzene rings is 3. The van der Waals surface area contributed by atoms with E-state index >= 15 is 0 Å². The molecule has 0 heterocycles. The number of carbonyl (C=O) groups excluding carboxylic acids is 1. The molecule has 0 bridgehead atoms. The molecular weight excluding hydrogens is 506 g/mol.